The molecule has 3 aromatic carbocycles. The zero-order valence-corrected chi connectivity index (χ0v) is 61.3. The highest BCUT2D eigenvalue weighted by Gasteiger charge is 2.29. The Hall–Kier alpha value is -7.31. The highest BCUT2D eigenvalue weighted by atomic mass is 16.3. The second-order valence-corrected chi connectivity index (χ2v) is 21.6. The van der Waals surface area contributed by atoms with E-state index in [-0.39, 0.29) is 37.7 Å². The zero-order chi connectivity index (χ0) is 71.7. The number of allylic oxidation sites excluding steroid dienone is 1. The van der Waals surface area contributed by atoms with Crippen LogP contribution in [0.5, 0.6) is 0 Å². The van der Waals surface area contributed by atoms with Gasteiger partial charge < -0.3 is 46.0 Å². The number of carbonyl (C=O) groups is 7. The standard InChI is InChI=1S/C19H27N5O5.C14H17N.C12H24N2O.C9H8N2.2C4H10.5C2H6.CH2O2/c1-13(12-25)23-16(26)9-21-17(27)11-24(2)18(28)10-22-19(29)15(20)8-14-6-4-3-5-7-14;1-5-14(3,4)15-10-11(2)12-8-6-7-9-13(12)15;1-10(2)7-9-14-8-5-6-11(12(14)15)13(3)4;1-7-2-3-8-9(6-7)11-5-4-10-8;1-4(2)3;1-3-4-2;5*1-2;2-1-3/h3-7,12-13,15H,8-11,20H2,1-2H3,(H,21,27)(H,22,29)(H,23,26);5-10H,1H2,2-4H3;10-11H,5-9H2,1-4H3;2-6H,1H3;4H,1-3H3;3-4H2,1-2H3;5*1-2H3;1H,(H,2,3). The molecule has 3 unspecified atom stereocenters. The minimum Gasteiger partial charge on any atom is -0.483 e. The number of piperidine rings is 1. The molecule has 5 amide bonds. The number of para-hydroxylation sites is 1. The summed E-state index contributed by atoms with van der Waals surface area (Å²) in [6.07, 6.45) is 14.4. The minimum absolute atomic E-state index is 0.0339. The fraction of sp³-hybridized carbons (Fsp3) is 0.575. The second-order valence-electron chi connectivity index (χ2n) is 21.6. The number of benzene rings is 3. The Morgan fingerprint density at radius 1 is 0.769 bits per heavy atom. The number of aromatic nitrogens is 3. The predicted octanol–water partition coefficient (Wildman–Crippen LogP) is 13.6. The number of aldehydes is 1. The van der Waals surface area contributed by atoms with Crippen molar-refractivity contribution in [1.82, 2.24) is 45.2 Å². The van der Waals surface area contributed by atoms with E-state index in [1.54, 1.807) is 12.4 Å². The van der Waals surface area contributed by atoms with Crippen molar-refractivity contribution in [3.63, 3.8) is 0 Å². The number of likely N-dealkylation sites (N-methyl/N-ethyl adjacent to an activating group) is 2. The Morgan fingerprint density at radius 3 is 1.78 bits per heavy atom. The average Bonchev–Trinajstić information content (AvgIpc) is 2.82. The van der Waals surface area contributed by atoms with Crippen LogP contribution in [0.2, 0.25) is 0 Å². The van der Waals surface area contributed by atoms with Crippen LogP contribution >= 0.6 is 0 Å². The van der Waals surface area contributed by atoms with Crippen LogP contribution in [0.25, 0.3) is 21.9 Å². The maximum absolute atomic E-state index is 12.1. The van der Waals surface area contributed by atoms with Gasteiger partial charge in [0.2, 0.25) is 29.5 Å². The van der Waals surface area contributed by atoms with E-state index in [9.17, 15) is 28.8 Å². The molecule has 0 saturated carbocycles. The van der Waals surface area contributed by atoms with Crippen LogP contribution in [0.15, 0.2) is 104 Å². The fourth-order valence-electron chi connectivity index (χ4n) is 7.30. The van der Waals surface area contributed by atoms with E-state index >= 15 is 0 Å². The van der Waals surface area contributed by atoms with E-state index in [0.717, 1.165) is 59.8 Å². The molecule has 1 fully saturated rings. The third kappa shape index (κ3) is 45.6. The number of rotatable bonds is 18. The maximum Gasteiger partial charge on any atom is 0.290 e. The van der Waals surface area contributed by atoms with Crippen molar-refractivity contribution in [2.24, 2.45) is 17.6 Å². The minimum atomic E-state index is -0.800. The number of carbonyl (C=O) groups excluding carboxylic acids is 6. The Labute approximate surface area is 552 Å². The summed E-state index contributed by atoms with van der Waals surface area (Å²) in [6, 6.07) is 22.5. The number of nitrogens with one attached hydrogen (secondary N) is 3. The number of hydrogen-bond acceptors (Lipinski definition) is 11. The van der Waals surface area contributed by atoms with Crippen molar-refractivity contribution in [1.29, 1.82) is 0 Å². The Kier molecular flexibility index (Phi) is 62.8. The molecular formula is C73H128N10O8. The number of hydrogen-bond donors (Lipinski definition) is 5. The number of carboxylic acid groups (broad SMARTS) is 1. The molecule has 6 N–H and O–H groups in total. The summed E-state index contributed by atoms with van der Waals surface area (Å²) in [7, 11) is 5.38. The number of nitrogens with two attached hydrogens (primary N) is 1. The summed E-state index contributed by atoms with van der Waals surface area (Å²) in [5.41, 5.74) is 12.5. The van der Waals surface area contributed by atoms with Crippen LogP contribution in [0.1, 0.15) is 187 Å². The topological polar surface area (TPSA) is 242 Å². The van der Waals surface area contributed by atoms with E-state index in [1.807, 2.05) is 155 Å². The number of aryl methyl sites for hydroxylation is 2. The Bertz CT molecular complexity index is 2630. The maximum atomic E-state index is 12.1. The lowest BCUT2D eigenvalue weighted by Crippen LogP contribution is -2.50. The van der Waals surface area contributed by atoms with Crippen LogP contribution in [-0.2, 0) is 45.5 Å². The lowest BCUT2D eigenvalue weighted by atomic mass is 10.0. The molecule has 18 heteroatoms. The van der Waals surface area contributed by atoms with Gasteiger partial charge in [-0.15, -0.1) is 6.58 Å². The molecule has 0 bridgehead atoms. The first kappa shape index (κ1) is 94.8. The van der Waals surface area contributed by atoms with Crippen LogP contribution in [-0.4, -0.2) is 149 Å². The van der Waals surface area contributed by atoms with E-state index < -0.39 is 35.7 Å². The van der Waals surface area contributed by atoms with Crippen molar-refractivity contribution in [2.75, 3.05) is 53.9 Å². The smallest absolute Gasteiger partial charge is 0.290 e. The van der Waals surface area contributed by atoms with Gasteiger partial charge in [0.05, 0.1) is 54.3 Å². The molecule has 91 heavy (non-hydrogen) atoms. The van der Waals surface area contributed by atoms with Crippen LogP contribution in [0, 0.1) is 25.7 Å². The third-order valence-electron chi connectivity index (χ3n) is 12.2. The van der Waals surface area contributed by atoms with Crippen LogP contribution in [0.4, 0.5) is 0 Å². The number of fused-ring (bicyclic) bond motifs is 2. The molecule has 5 aromatic rings. The average molecular weight is 1270 g/mol. The van der Waals surface area contributed by atoms with Crippen LogP contribution < -0.4 is 21.7 Å². The molecule has 3 heterocycles. The normalized spacial score (nSPS) is 12.1. The quantitative estimate of drug-likeness (QED) is 0.0406. The van der Waals surface area contributed by atoms with Gasteiger partial charge in [0.15, 0.2) is 0 Å². The molecule has 0 aliphatic carbocycles. The molecule has 1 saturated heterocycles. The van der Waals surface area contributed by atoms with Crippen LogP contribution in [0.3, 0.4) is 0 Å². The first-order valence-corrected chi connectivity index (χ1v) is 33.0. The highest BCUT2D eigenvalue weighted by molar-refractivity contribution is 5.91. The summed E-state index contributed by atoms with van der Waals surface area (Å²) in [5.74, 6) is -0.196. The summed E-state index contributed by atoms with van der Waals surface area (Å²) >= 11 is 0. The van der Waals surface area contributed by atoms with Gasteiger partial charge in [0.25, 0.3) is 6.47 Å². The largest absolute Gasteiger partial charge is 0.483 e. The van der Waals surface area contributed by atoms with E-state index in [2.05, 4.69) is 137 Å². The molecule has 3 atom stereocenters. The molecule has 0 spiro atoms. The first-order chi connectivity index (χ1) is 43.2. The summed E-state index contributed by atoms with van der Waals surface area (Å²) in [5, 5.41) is 15.4. The third-order valence-corrected chi connectivity index (χ3v) is 12.2. The van der Waals surface area contributed by atoms with E-state index in [4.69, 9.17) is 15.6 Å². The molecule has 6 rings (SSSR count). The van der Waals surface area contributed by atoms with Gasteiger partial charge in [-0.3, -0.25) is 43.6 Å². The molecule has 0 radical (unpaired) electrons. The number of nitrogens with zero attached hydrogens (tertiary/aromatic N) is 6. The number of amides is 5. The lowest BCUT2D eigenvalue weighted by molar-refractivity contribution is -0.139. The van der Waals surface area contributed by atoms with Gasteiger partial charge in [0.1, 0.15) is 6.29 Å². The molecule has 2 aromatic heterocycles. The fourth-order valence-corrected chi connectivity index (χ4v) is 7.30. The van der Waals surface area contributed by atoms with Crippen molar-refractivity contribution < 1.29 is 38.7 Å². The molecule has 518 valence electrons. The molecule has 1 aliphatic rings. The van der Waals surface area contributed by atoms with E-state index in [0.29, 0.717) is 24.5 Å². The van der Waals surface area contributed by atoms with Gasteiger partial charge in [-0.05, 0) is 121 Å². The zero-order valence-electron chi connectivity index (χ0n) is 61.3. The monoisotopic (exact) mass is 1270 g/mol. The Morgan fingerprint density at radius 2 is 1.29 bits per heavy atom. The number of unbranched alkanes of at least 4 members (excludes halogenated alkanes) is 1. The van der Waals surface area contributed by atoms with Gasteiger partial charge in [0, 0.05) is 49.6 Å². The predicted molar refractivity (Wildman–Crippen MR) is 385 cm³/mol. The molecule has 1 aliphatic heterocycles. The first-order valence-electron chi connectivity index (χ1n) is 33.0. The van der Waals surface area contributed by atoms with Crippen molar-refractivity contribution >= 4 is 64.2 Å². The lowest BCUT2D eigenvalue weighted by Gasteiger charge is -2.35. The summed E-state index contributed by atoms with van der Waals surface area (Å²) < 4.78 is 2.28. The Balaban J connectivity index is -0.000000249. The van der Waals surface area contributed by atoms with Crippen molar-refractivity contribution in [2.45, 2.75) is 215 Å². The summed E-state index contributed by atoms with van der Waals surface area (Å²) in [6.45, 7) is 49.9. The van der Waals surface area contributed by atoms with Crippen molar-refractivity contribution in [3.8, 4) is 0 Å². The van der Waals surface area contributed by atoms with Gasteiger partial charge in [-0.2, -0.15) is 0 Å². The van der Waals surface area contributed by atoms with Crippen molar-refractivity contribution in [3.05, 3.63) is 121 Å². The highest BCUT2D eigenvalue weighted by Crippen LogP contribution is 2.28. The van der Waals surface area contributed by atoms with Gasteiger partial charge in [-0.1, -0.05) is 191 Å². The van der Waals surface area contributed by atoms with Gasteiger partial charge >= 0.3 is 0 Å². The van der Waals surface area contributed by atoms with Gasteiger partial charge in [-0.25, -0.2) is 0 Å². The second kappa shape index (κ2) is 60.3. The van der Waals surface area contributed by atoms with E-state index in [1.165, 1.54) is 48.8 Å². The SMILES string of the molecule is C=CC(C)(C)n1cc(C)c2ccccc21.CC.CC.CC.CC.CC.CC(C)C.CC(C)CCN1CCCC(N(C)C)C1=O.CC(C=O)NC(=O)CNC(=O)CN(C)C(=O)CNC(=O)C(N)Cc1ccccc1.CCCC.Cc1ccc2nccnc2c1.O=CO. The number of likely N-dealkylation sites (tertiary alicyclic amines) is 1. The summed E-state index contributed by atoms with van der Waals surface area (Å²) in [4.78, 5) is 91.8. The molecular weight excluding hydrogens is 1140 g/mol. The molecule has 18 nitrogen and oxygen atoms in total.